The molecule has 3 rings (SSSR count). The smallest absolute Gasteiger partial charge is 0.244 e. The maximum Gasteiger partial charge on any atom is 0.244 e. The summed E-state index contributed by atoms with van der Waals surface area (Å²) in [5.41, 5.74) is 2.41. The number of rotatable bonds is 1. The molecule has 1 aromatic carbocycles. The summed E-state index contributed by atoms with van der Waals surface area (Å²) >= 11 is 3.60. The second-order valence-corrected chi connectivity index (χ2v) is 7.85. The zero-order valence-corrected chi connectivity index (χ0v) is 14.6. The molecule has 0 spiro atoms. The Bertz CT molecular complexity index is 564. The van der Waals surface area contributed by atoms with Gasteiger partial charge < -0.3 is 4.90 Å². The molecule has 0 N–H and O–H groups in total. The van der Waals surface area contributed by atoms with Gasteiger partial charge in [0.2, 0.25) is 5.91 Å². The van der Waals surface area contributed by atoms with Gasteiger partial charge in [0.15, 0.2) is 0 Å². The molecule has 0 radical (unpaired) electrons. The Morgan fingerprint density at radius 1 is 1.29 bits per heavy atom. The minimum atomic E-state index is 0.0370. The molecule has 0 saturated carbocycles. The van der Waals surface area contributed by atoms with Crippen molar-refractivity contribution in [3.8, 4) is 0 Å². The summed E-state index contributed by atoms with van der Waals surface area (Å²) in [7, 11) is 0. The van der Waals surface area contributed by atoms with Gasteiger partial charge in [0.05, 0.1) is 6.04 Å². The number of carbonyl (C=O) groups excluding carboxylic acids is 1. The summed E-state index contributed by atoms with van der Waals surface area (Å²) in [5.74, 6) is 0.277. The van der Waals surface area contributed by atoms with Crippen LogP contribution in [0.2, 0.25) is 0 Å². The highest BCUT2D eigenvalue weighted by Gasteiger charge is 2.40. The van der Waals surface area contributed by atoms with Crippen LogP contribution in [0.1, 0.15) is 39.2 Å². The average Bonchev–Trinajstić information content (AvgIpc) is 3.05. The van der Waals surface area contributed by atoms with Gasteiger partial charge in [-0.1, -0.05) is 22.0 Å². The van der Waals surface area contributed by atoms with Crippen molar-refractivity contribution in [3.63, 3.8) is 0 Å². The normalized spacial score (nSPS) is 22.7. The third-order valence-electron chi connectivity index (χ3n) is 4.64. The molecule has 2 aliphatic rings. The molecule has 1 atom stereocenters. The number of carbonyl (C=O) groups is 1. The first-order valence-electron chi connectivity index (χ1n) is 7.75. The SMILES string of the molecule is CC(C)(C)N1CCC[C@H]1C(=O)N1CCc2c(Br)cccc21. The van der Waals surface area contributed by atoms with Gasteiger partial charge in [-0.2, -0.15) is 0 Å². The number of benzene rings is 1. The second-order valence-electron chi connectivity index (χ2n) is 7.00. The standard InChI is InChI=1S/C17H23BrN2O/c1-17(2,3)20-10-5-8-15(20)16(21)19-11-9-12-13(18)6-4-7-14(12)19/h4,6-7,15H,5,8-11H2,1-3H3/t15-/m0/s1. The molecular weight excluding hydrogens is 328 g/mol. The zero-order chi connectivity index (χ0) is 15.2. The number of fused-ring (bicyclic) bond motifs is 1. The van der Waals surface area contributed by atoms with Crippen molar-refractivity contribution in [2.24, 2.45) is 0 Å². The maximum absolute atomic E-state index is 13.0. The molecule has 21 heavy (non-hydrogen) atoms. The number of halogens is 1. The Balaban J connectivity index is 1.86. The van der Waals surface area contributed by atoms with E-state index in [0.717, 1.165) is 42.5 Å². The van der Waals surface area contributed by atoms with E-state index in [9.17, 15) is 4.79 Å². The lowest BCUT2D eigenvalue weighted by atomic mass is 10.0. The summed E-state index contributed by atoms with van der Waals surface area (Å²) < 4.78 is 1.12. The highest BCUT2D eigenvalue weighted by molar-refractivity contribution is 9.10. The van der Waals surface area contributed by atoms with Crippen LogP contribution in [0, 0.1) is 0 Å². The Morgan fingerprint density at radius 2 is 2.05 bits per heavy atom. The second kappa shape index (κ2) is 5.40. The van der Waals surface area contributed by atoms with Crippen LogP contribution in [0.5, 0.6) is 0 Å². The van der Waals surface area contributed by atoms with Crippen molar-refractivity contribution < 1.29 is 4.79 Å². The summed E-state index contributed by atoms with van der Waals surface area (Å²) in [6.45, 7) is 8.44. The molecule has 0 bridgehead atoms. The van der Waals surface area contributed by atoms with Crippen LogP contribution in [0.4, 0.5) is 5.69 Å². The van der Waals surface area contributed by atoms with E-state index < -0.39 is 0 Å². The number of hydrogen-bond donors (Lipinski definition) is 0. The fraction of sp³-hybridized carbons (Fsp3) is 0.588. The van der Waals surface area contributed by atoms with Crippen molar-refractivity contribution in [2.45, 2.75) is 51.6 Å². The van der Waals surface area contributed by atoms with Gasteiger partial charge in [0, 0.05) is 22.2 Å². The Hall–Kier alpha value is -0.870. The first kappa shape index (κ1) is 15.0. The lowest BCUT2D eigenvalue weighted by Gasteiger charge is -2.37. The van der Waals surface area contributed by atoms with E-state index in [0.29, 0.717) is 0 Å². The minimum Gasteiger partial charge on any atom is -0.310 e. The van der Waals surface area contributed by atoms with E-state index in [1.54, 1.807) is 0 Å². The Labute approximate surface area is 135 Å². The van der Waals surface area contributed by atoms with E-state index in [1.807, 2.05) is 11.0 Å². The predicted molar refractivity (Wildman–Crippen MR) is 89.7 cm³/mol. The van der Waals surface area contributed by atoms with Crippen LogP contribution in [-0.2, 0) is 11.2 Å². The first-order chi connectivity index (χ1) is 9.89. The topological polar surface area (TPSA) is 23.6 Å². The van der Waals surface area contributed by atoms with E-state index >= 15 is 0 Å². The Morgan fingerprint density at radius 3 is 2.76 bits per heavy atom. The van der Waals surface area contributed by atoms with Crippen molar-refractivity contribution in [3.05, 3.63) is 28.2 Å². The van der Waals surface area contributed by atoms with E-state index in [4.69, 9.17) is 0 Å². The van der Waals surface area contributed by atoms with Crippen LogP contribution in [0.3, 0.4) is 0 Å². The number of amides is 1. The van der Waals surface area contributed by atoms with Gasteiger partial charge in [0.1, 0.15) is 0 Å². The van der Waals surface area contributed by atoms with Crippen LogP contribution in [-0.4, -0.2) is 35.5 Å². The van der Waals surface area contributed by atoms with Crippen molar-refractivity contribution >= 4 is 27.5 Å². The monoisotopic (exact) mass is 350 g/mol. The third-order valence-corrected chi connectivity index (χ3v) is 5.38. The molecule has 1 saturated heterocycles. The van der Waals surface area contributed by atoms with E-state index in [1.165, 1.54) is 5.56 Å². The summed E-state index contributed by atoms with van der Waals surface area (Å²) in [4.78, 5) is 17.4. The molecule has 0 aliphatic carbocycles. The van der Waals surface area contributed by atoms with Crippen LogP contribution >= 0.6 is 15.9 Å². The van der Waals surface area contributed by atoms with Crippen molar-refractivity contribution in [1.82, 2.24) is 4.90 Å². The van der Waals surface area contributed by atoms with Crippen LogP contribution < -0.4 is 4.90 Å². The van der Waals surface area contributed by atoms with Crippen LogP contribution in [0.25, 0.3) is 0 Å². The van der Waals surface area contributed by atoms with Crippen molar-refractivity contribution in [1.29, 1.82) is 0 Å². The molecule has 0 unspecified atom stereocenters. The molecule has 4 heteroatoms. The highest BCUT2D eigenvalue weighted by atomic mass is 79.9. The summed E-state index contributed by atoms with van der Waals surface area (Å²) in [5, 5.41) is 0. The molecule has 3 nitrogen and oxygen atoms in total. The van der Waals surface area contributed by atoms with Gasteiger partial charge in [-0.25, -0.2) is 0 Å². The fourth-order valence-electron chi connectivity index (χ4n) is 3.63. The largest absolute Gasteiger partial charge is 0.310 e. The third kappa shape index (κ3) is 2.64. The number of anilines is 1. The highest BCUT2D eigenvalue weighted by Crippen LogP contribution is 2.36. The van der Waals surface area contributed by atoms with Gasteiger partial charge in [-0.3, -0.25) is 9.69 Å². The van der Waals surface area contributed by atoms with Crippen molar-refractivity contribution in [2.75, 3.05) is 18.0 Å². The summed E-state index contributed by atoms with van der Waals surface area (Å²) in [6, 6.07) is 6.19. The van der Waals surface area contributed by atoms with E-state index in [-0.39, 0.29) is 17.5 Å². The fourth-order valence-corrected chi connectivity index (χ4v) is 4.18. The molecule has 2 aliphatic heterocycles. The summed E-state index contributed by atoms with van der Waals surface area (Å²) in [6.07, 6.45) is 3.05. The molecule has 114 valence electrons. The molecule has 1 aromatic rings. The van der Waals surface area contributed by atoms with Crippen LogP contribution in [0.15, 0.2) is 22.7 Å². The minimum absolute atomic E-state index is 0.0370. The van der Waals surface area contributed by atoms with E-state index in [2.05, 4.69) is 53.7 Å². The quantitative estimate of drug-likeness (QED) is 0.772. The van der Waals surface area contributed by atoms with Gasteiger partial charge in [-0.15, -0.1) is 0 Å². The molecule has 1 amide bonds. The number of hydrogen-bond acceptors (Lipinski definition) is 2. The van der Waals surface area contributed by atoms with Gasteiger partial charge in [-0.05, 0) is 64.3 Å². The average molecular weight is 351 g/mol. The van der Waals surface area contributed by atoms with Gasteiger partial charge >= 0.3 is 0 Å². The predicted octanol–water partition coefficient (Wildman–Crippen LogP) is 3.60. The van der Waals surface area contributed by atoms with Gasteiger partial charge in [0.25, 0.3) is 0 Å². The lowest BCUT2D eigenvalue weighted by Crippen LogP contribution is -2.52. The molecular formula is C17H23BrN2O. The molecule has 0 aromatic heterocycles. The molecule has 2 heterocycles. The number of nitrogens with zero attached hydrogens (tertiary/aromatic N) is 2. The molecule has 1 fully saturated rings. The Kier molecular flexibility index (Phi) is 3.87. The maximum atomic E-state index is 13.0. The zero-order valence-electron chi connectivity index (χ0n) is 13.0. The first-order valence-corrected chi connectivity index (χ1v) is 8.54. The number of likely N-dealkylation sites (tertiary alicyclic amines) is 1. The lowest BCUT2D eigenvalue weighted by molar-refractivity contribution is -0.124.